The van der Waals surface area contributed by atoms with Crippen molar-refractivity contribution in [1.29, 1.82) is 0 Å². The Kier molecular flexibility index (Phi) is 7.80. The van der Waals surface area contributed by atoms with Crippen molar-refractivity contribution in [3.63, 3.8) is 0 Å². The number of aryl methyl sites for hydroxylation is 1. The van der Waals surface area contributed by atoms with Crippen LogP contribution in [0.2, 0.25) is 0 Å². The summed E-state index contributed by atoms with van der Waals surface area (Å²) in [5.41, 5.74) is 5.05. The van der Waals surface area contributed by atoms with Crippen molar-refractivity contribution in [2.24, 2.45) is 13.0 Å². The fourth-order valence-electron chi connectivity index (χ4n) is 4.13. The second-order valence-corrected chi connectivity index (χ2v) is 8.50. The summed E-state index contributed by atoms with van der Waals surface area (Å²) in [6, 6.07) is 8.14. The highest BCUT2D eigenvalue weighted by atomic mass is 16.1. The predicted octanol–water partition coefficient (Wildman–Crippen LogP) is 4.64. The van der Waals surface area contributed by atoms with Gasteiger partial charge in [0.1, 0.15) is 0 Å². The second kappa shape index (κ2) is 11.4. The first-order chi connectivity index (χ1) is 16.6. The summed E-state index contributed by atoms with van der Waals surface area (Å²) in [4.78, 5) is 20.2. The van der Waals surface area contributed by atoms with E-state index in [9.17, 15) is 4.79 Å². The number of rotatable bonds is 5. The zero-order valence-corrected chi connectivity index (χ0v) is 19.7. The molecule has 0 atom stereocenters. The van der Waals surface area contributed by atoms with E-state index in [1.54, 1.807) is 10.9 Å². The van der Waals surface area contributed by atoms with Crippen LogP contribution in [-0.4, -0.2) is 42.4 Å². The highest BCUT2D eigenvalue weighted by molar-refractivity contribution is 5.78. The minimum absolute atomic E-state index is 0.271. The summed E-state index contributed by atoms with van der Waals surface area (Å²) >= 11 is 0. The van der Waals surface area contributed by atoms with Crippen LogP contribution in [0.15, 0.2) is 61.4 Å². The van der Waals surface area contributed by atoms with Crippen LogP contribution >= 0.6 is 0 Å². The molecule has 1 aromatic carbocycles. The molecular weight excluding hydrogens is 426 g/mol. The Balaban J connectivity index is 0.000000210. The molecule has 2 N–H and O–H groups in total. The lowest BCUT2D eigenvalue weighted by atomic mass is 9.89. The van der Waals surface area contributed by atoms with Crippen LogP contribution in [0.1, 0.15) is 39.0 Å². The molecule has 3 aromatic heterocycles. The molecule has 4 aromatic rings. The van der Waals surface area contributed by atoms with Crippen LogP contribution in [0, 0.1) is 5.92 Å². The molecule has 0 saturated heterocycles. The smallest absolute Gasteiger partial charge is 0.223 e. The zero-order chi connectivity index (χ0) is 23.8. The molecule has 5 rings (SSSR count). The van der Waals surface area contributed by atoms with E-state index in [0.29, 0.717) is 11.7 Å². The summed E-state index contributed by atoms with van der Waals surface area (Å²) in [6.45, 7) is 2.75. The lowest BCUT2D eigenvalue weighted by Crippen LogP contribution is -2.31. The molecule has 176 valence electrons. The SMILES string of the molecule is CCNC(=O)C1CCCCC1.Cn1cc(-c2cccc(-c3ncc(-c4cn[nH]c4)cn3)c2)cn1. The molecule has 0 spiro atoms. The van der Waals surface area contributed by atoms with Gasteiger partial charge in [-0.1, -0.05) is 37.5 Å². The summed E-state index contributed by atoms with van der Waals surface area (Å²) in [6.07, 6.45) is 17.0. The molecule has 8 nitrogen and oxygen atoms in total. The van der Waals surface area contributed by atoms with Crippen molar-refractivity contribution in [3.05, 3.63) is 61.4 Å². The molecule has 1 saturated carbocycles. The van der Waals surface area contributed by atoms with E-state index in [4.69, 9.17) is 0 Å². The highest BCUT2D eigenvalue weighted by Crippen LogP contribution is 2.25. The lowest BCUT2D eigenvalue weighted by molar-refractivity contribution is -0.125. The van der Waals surface area contributed by atoms with E-state index >= 15 is 0 Å². The van der Waals surface area contributed by atoms with Gasteiger partial charge in [-0.15, -0.1) is 0 Å². The fraction of sp³-hybridized carbons (Fsp3) is 0.346. The van der Waals surface area contributed by atoms with Crippen molar-refractivity contribution in [2.45, 2.75) is 39.0 Å². The third-order valence-corrected chi connectivity index (χ3v) is 5.97. The molecule has 0 bridgehead atoms. The molecule has 0 aliphatic heterocycles. The van der Waals surface area contributed by atoms with Crippen molar-refractivity contribution in [1.82, 2.24) is 35.3 Å². The molecule has 3 heterocycles. The van der Waals surface area contributed by atoms with Gasteiger partial charge in [-0.3, -0.25) is 14.6 Å². The summed E-state index contributed by atoms with van der Waals surface area (Å²) in [7, 11) is 1.91. The maximum Gasteiger partial charge on any atom is 0.223 e. The van der Waals surface area contributed by atoms with Gasteiger partial charge in [-0.05, 0) is 31.4 Å². The molecule has 0 radical (unpaired) electrons. The number of benzene rings is 1. The summed E-state index contributed by atoms with van der Waals surface area (Å²) in [5.74, 6) is 1.29. The van der Waals surface area contributed by atoms with Crippen LogP contribution in [0.5, 0.6) is 0 Å². The number of aromatic amines is 1. The fourth-order valence-corrected chi connectivity index (χ4v) is 4.13. The number of carbonyl (C=O) groups is 1. The Morgan fingerprint density at radius 3 is 2.41 bits per heavy atom. The Morgan fingerprint density at radius 1 is 1.00 bits per heavy atom. The molecular formula is C26H31N7O. The monoisotopic (exact) mass is 457 g/mol. The number of hydrogen-bond donors (Lipinski definition) is 2. The largest absolute Gasteiger partial charge is 0.356 e. The Hall–Kier alpha value is -3.81. The van der Waals surface area contributed by atoms with Gasteiger partial charge < -0.3 is 5.32 Å². The minimum Gasteiger partial charge on any atom is -0.356 e. The molecule has 0 unspecified atom stereocenters. The third-order valence-electron chi connectivity index (χ3n) is 5.97. The van der Waals surface area contributed by atoms with Crippen LogP contribution < -0.4 is 5.32 Å². The van der Waals surface area contributed by atoms with Crippen molar-refractivity contribution in [2.75, 3.05) is 6.54 Å². The van der Waals surface area contributed by atoms with Gasteiger partial charge in [0.15, 0.2) is 5.82 Å². The Morgan fingerprint density at radius 2 is 1.76 bits per heavy atom. The van der Waals surface area contributed by atoms with Crippen LogP contribution in [0.3, 0.4) is 0 Å². The maximum absolute atomic E-state index is 11.3. The average Bonchev–Trinajstić information content (AvgIpc) is 3.58. The number of amides is 1. The van der Waals surface area contributed by atoms with Gasteiger partial charge in [0.25, 0.3) is 0 Å². The van der Waals surface area contributed by atoms with E-state index in [1.165, 1.54) is 19.3 Å². The van der Waals surface area contributed by atoms with Crippen molar-refractivity contribution in [3.8, 4) is 33.6 Å². The zero-order valence-electron chi connectivity index (χ0n) is 19.7. The molecule has 1 amide bonds. The Bertz CT molecular complexity index is 1180. The number of hydrogen-bond acceptors (Lipinski definition) is 5. The highest BCUT2D eigenvalue weighted by Gasteiger charge is 2.19. The third kappa shape index (κ3) is 5.95. The molecule has 1 aliphatic carbocycles. The number of aromatic nitrogens is 6. The van der Waals surface area contributed by atoms with Crippen molar-refractivity contribution >= 4 is 5.91 Å². The Labute approximate surface area is 199 Å². The van der Waals surface area contributed by atoms with E-state index in [-0.39, 0.29) is 5.91 Å². The predicted molar refractivity (Wildman–Crippen MR) is 133 cm³/mol. The van der Waals surface area contributed by atoms with Gasteiger partial charge in [0.05, 0.1) is 12.4 Å². The van der Waals surface area contributed by atoms with E-state index < -0.39 is 0 Å². The lowest BCUT2D eigenvalue weighted by Gasteiger charge is -2.20. The van der Waals surface area contributed by atoms with Gasteiger partial charge in [0, 0.05) is 66.6 Å². The van der Waals surface area contributed by atoms with Gasteiger partial charge in [0.2, 0.25) is 5.91 Å². The summed E-state index contributed by atoms with van der Waals surface area (Å²) < 4.78 is 1.79. The minimum atomic E-state index is 0.271. The summed E-state index contributed by atoms with van der Waals surface area (Å²) in [5, 5.41) is 13.8. The van der Waals surface area contributed by atoms with Crippen LogP contribution in [0.4, 0.5) is 0 Å². The van der Waals surface area contributed by atoms with Gasteiger partial charge >= 0.3 is 0 Å². The van der Waals surface area contributed by atoms with Crippen LogP contribution in [-0.2, 0) is 11.8 Å². The van der Waals surface area contributed by atoms with E-state index in [2.05, 4.69) is 42.7 Å². The number of nitrogens with zero attached hydrogens (tertiary/aromatic N) is 5. The molecule has 1 fully saturated rings. The first kappa shape index (κ1) is 23.4. The standard InChI is InChI=1S/C17H14N6.C9H17NO/c1-23-11-16(10-22-23)12-3-2-4-13(5-12)17-18-6-14(7-19-17)15-8-20-21-9-15;1-2-10-9(11)8-6-4-3-5-7-8/h2-11H,1H3,(H,20,21);8H,2-7H2,1H3,(H,10,11). The quantitative estimate of drug-likeness (QED) is 0.455. The van der Waals surface area contributed by atoms with Gasteiger partial charge in [-0.2, -0.15) is 10.2 Å². The second-order valence-electron chi connectivity index (χ2n) is 8.50. The molecule has 8 heteroatoms. The first-order valence-corrected chi connectivity index (χ1v) is 11.8. The number of carbonyl (C=O) groups excluding carboxylic acids is 1. The maximum atomic E-state index is 11.3. The van der Waals surface area contributed by atoms with Crippen LogP contribution in [0.25, 0.3) is 33.6 Å². The average molecular weight is 458 g/mol. The topological polar surface area (TPSA) is 101 Å². The molecule has 34 heavy (non-hydrogen) atoms. The first-order valence-electron chi connectivity index (χ1n) is 11.8. The van der Waals surface area contributed by atoms with Gasteiger partial charge in [-0.25, -0.2) is 9.97 Å². The normalized spacial score (nSPS) is 13.7. The molecule has 1 aliphatic rings. The van der Waals surface area contributed by atoms with Crippen molar-refractivity contribution < 1.29 is 4.79 Å². The number of H-pyrrole nitrogens is 1. The number of nitrogens with one attached hydrogen (secondary N) is 2. The van der Waals surface area contributed by atoms with E-state index in [0.717, 1.165) is 47.2 Å². The van der Waals surface area contributed by atoms with E-state index in [1.807, 2.05) is 57.1 Å².